The first-order valence-electron chi connectivity index (χ1n) is 12.0. The van der Waals surface area contributed by atoms with Crippen molar-refractivity contribution < 1.29 is 22.5 Å². The monoisotopic (exact) mass is 487 g/mol. The van der Waals surface area contributed by atoms with Crippen LogP contribution < -0.4 is 20.2 Å². The van der Waals surface area contributed by atoms with Gasteiger partial charge in [0.25, 0.3) is 15.9 Å². The molecule has 1 spiro atoms. The number of benzene rings is 1. The van der Waals surface area contributed by atoms with E-state index in [-0.39, 0.29) is 26.9 Å². The zero-order chi connectivity index (χ0) is 24.1. The van der Waals surface area contributed by atoms with Crippen molar-refractivity contribution in [1.82, 2.24) is 20.3 Å². The highest BCUT2D eigenvalue weighted by atomic mass is 32.2. The van der Waals surface area contributed by atoms with E-state index < -0.39 is 15.7 Å². The molecule has 0 saturated carbocycles. The zero-order valence-corrected chi connectivity index (χ0v) is 20.7. The minimum Gasteiger partial charge on any atom is -0.492 e. The van der Waals surface area contributed by atoms with Crippen molar-refractivity contribution in [3.63, 3.8) is 0 Å². The minimum atomic E-state index is -3.84. The second-order valence-electron chi connectivity index (χ2n) is 10.2. The maximum Gasteiger partial charge on any atom is 0.286 e. The molecule has 6 rings (SSSR count). The molecule has 1 saturated heterocycles. The second kappa shape index (κ2) is 6.73. The van der Waals surface area contributed by atoms with Gasteiger partial charge in [0.1, 0.15) is 22.0 Å². The molecule has 4 N–H and O–H groups in total. The number of anilines is 1. The highest BCUT2D eigenvalue weighted by Gasteiger charge is 2.74. The van der Waals surface area contributed by atoms with E-state index in [1.165, 1.54) is 0 Å². The quantitative estimate of drug-likeness (QED) is 0.463. The first kappa shape index (κ1) is 21.9. The Kier molecular flexibility index (Phi) is 4.33. The van der Waals surface area contributed by atoms with Gasteiger partial charge in [-0.15, -0.1) is 0 Å². The number of hydrogen-bond donors (Lipinski definition) is 4. The zero-order valence-electron chi connectivity index (χ0n) is 19.9. The Morgan fingerprint density at radius 3 is 2.79 bits per heavy atom. The summed E-state index contributed by atoms with van der Waals surface area (Å²) < 4.78 is 33.9. The number of quaternary nitrogens is 1. The van der Waals surface area contributed by atoms with Gasteiger partial charge in [0.05, 0.1) is 37.6 Å². The van der Waals surface area contributed by atoms with E-state index in [1.54, 1.807) is 6.20 Å². The summed E-state index contributed by atoms with van der Waals surface area (Å²) >= 11 is 0. The Morgan fingerprint density at radius 1 is 1.26 bits per heavy atom. The number of rotatable bonds is 6. The molecular formula is C23H31N6O4S+. The van der Waals surface area contributed by atoms with Crippen LogP contribution in [0.25, 0.3) is 0 Å². The summed E-state index contributed by atoms with van der Waals surface area (Å²) in [4.78, 5) is 16.4. The number of aromatic nitrogens is 2. The number of carbonyl (C=O) groups is 1. The Morgan fingerprint density at radius 2 is 2.06 bits per heavy atom. The normalized spacial score (nSPS) is 32.6. The smallest absolute Gasteiger partial charge is 0.286 e. The molecule has 4 heterocycles. The van der Waals surface area contributed by atoms with Crippen LogP contribution in [-0.2, 0) is 21.2 Å². The topological polar surface area (TPSA) is 125 Å². The number of aromatic amines is 1. The van der Waals surface area contributed by atoms with Crippen LogP contribution in [0.5, 0.6) is 5.75 Å². The van der Waals surface area contributed by atoms with Gasteiger partial charge in [-0.1, -0.05) is 25.6 Å². The molecule has 1 fully saturated rings. The number of hydrogen-bond acceptors (Lipinski definition) is 6. The third-order valence-corrected chi connectivity index (χ3v) is 9.92. The predicted molar refractivity (Wildman–Crippen MR) is 124 cm³/mol. The predicted octanol–water partition coefficient (Wildman–Crippen LogP) is 2.26. The molecule has 1 aromatic carbocycles. The molecular weight excluding hydrogens is 456 g/mol. The lowest BCUT2D eigenvalue weighted by molar-refractivity contribution is -0.968. The number of fused-ring (bicyclic) bond motifs is 1. The van der Waals surface area contributed by atoms with Gasteiger partial charge in [-0.25, -0.2) is 13.0 Å². The number of carbonyl (C=O) groups excluding carboxylic acids is 1. The first-order chi connectivity index (χ1) is 16.1. The van der Waals surface area contributed by atoms with Crippen molar-refractivity contribution in [2.75, 3.05) is 25.5 Å². The summed E-state index contributed by atoms with van der Waals surface area (Å²) in [6, 6.07) is 2.08. The molecule has 0 radical (unpaired) electrons. The fourth-order valence-corrected chi connectivity index (χ4v) is 8.29. The van der Waals surface area contributed by atoms with Crippen molar-refractivity contribution in [3.05, 3.63) is 34.6 Å². The average molecular weight is 488 g/mol. The lowest BCUT2D eigenvalue weighted by Crippen LogP contribution is -2.62. The summed E-state index contributed by atoms with van der Waals surface area (Å²) in [5.41, 5.74) is 2.10. The third kappa shape index (κ3) is 2.44. The van der Waals surface area contributed by atoms with Crippen molar-refractivity contribution in [2.45, 2.75) is 62.6 Å². The lowest BCUT2D eigenvalue weighted by atomic mass is 9.82. The molecule has 1 amide bonds. The Balaban J connectivity index is 1.65. The first-order valence-corrected chi connectivity index (χ1v) is 13.5. The highest BCUT2D eigenvalue weighted by Crippen LogP contribution is 2.68. The maximum atomic E-state index is 13.7. The van der Waals surface area contributed by atoms with E-state index in [1.807, 2.05) is 20.9 Å². The minimum absolute atomic E-state index is 0.0788. The highest BCUT2D eigenvalue weighted by molar-refractivity contribution is 7.89. The summed E-state index contributed by atoms with van der Waals surface area (Å²) in [7, 11) is -1.87. The fraction of sp³-hybridized carbons (Fsp3) is 0.565. The van der Waals surface area contributed by atoms with E-state index >= 15 is 0 Å². The van der Waals surface area contributed by atoms with Gasteiger partial charge >= 0.3 is 0 Å². The van der Waals surface area contributed by atoms with Crippen LogP contribution >= 0.6 is 0 Å². The molecule has 1 aromatic heterocycles. The van der Waals surface area contributed by atoms with Gasteiger partial charge in [0, 0.05) is 29.9 Å². The van der Waals surface area contributed by atoms with Gasteiger partial charge in [-0.3, -0.25) is 9.89 Å². The van der Waals surface area contributed by atoms with Gasteiger partial charge in [-0.2, -0.15) is 5.10 Å². The third-order valence-electron chi connectivity index (χ3n) is 8.35. The number of H-pyrrole nitrogens is 1. The van der Waals surface area contributed by atoms with Crippen LogP contribution in [-0.4, -0.2) is 49.3 Å². The van der Waals surface area contributed by atoms with E-state index in [2.05, 4.69) is 38.7 Å². The van der Waals surface area contributed by atoms with Gasteiger partial charge < -0.3 is 15.4 Å². The molecule has 11 heteroatoms. The van der Waals surface area contributed by atoms with E-state index in [0.29, 0.717) is 29.3 Å². The van der Waals surface area contributed by atoms with Crippen molar-refractivity contribution >= 4 is 21.6 Å². The molecule has 34 heavy (non-hydrogen) atoms. The van der Waals surface area contributed by atoms with Crippen LogP contribution in [0.4, 0.5) is 5.69 Å². The molecule has 4 atom stereocenters. The second-order valence-corrected chi connectivity index (χ2v) is 11.8. The summed E-state index contributed by atoms with van der Waals surface area (Å²) in [6.45, 7) is 7.19. The standard InChI is InChI=1S/C23H30N6O4S/c1-5-10-33-19-15(23(13(3)6-2)25-16-12-24-27-18(16)21(30)26-23)11-14-17-20(19)34(31,32)28-29(4)9-7-8-22(14,17)29/h11-13,28H,5-10H2,1-4H3,(H2-,24,25,26,27,30)/p+1. The largest absolute Gasteiger partial charge is 0.492 e. The van der Waals surface area contributed by atoms with Crippen LogP contribution in [0.15, 0.2) is 17.2 Å². The molecule has 1 aliphatic carbocycles. The Bertz CT molecular complexity index is 1340. The van der Waals surface area contributed by atoms with Gasteiger partial charge in [0.2, 0.25) is 0 Å². The average Bonchev–Trinajstić information content (AvgIpc) is 3.08. The number of nitrogens with one attached hydrogen (secondary N) is 4. The van der Waals surface area contributed by atoms with Crippen molar-refractivity contribution in [3.8, 4) is 5.75 Å². The Labute approximate surface area is 199 Å². The molecule has 10 nitrogen and oxygen atoms in total. The van der Waals surface area contributed by atoms with E-state index in [9.17, 15) is 13.2 Å². The van der Waals surface area contributed by atoms with E-state index in [0.717, 1.165) is 43.4 Å². The van der Waals surface area contributed by atoms with Crippen molar-refractivity contribution in [1.29, 1.82) is 0 Å². The molecule has 3 aliphatic heterocycles. The van der Waals surface area contributed by atoms with Crippen LogP contribution in [0.1, 0.15) is 73.6 Å². The molecule has 182 valence electrons. The van der Waals surface area contributed by atoms with Gasteiger partial charge in [0.15, 0.2) is 5.54 Å². The van der Waals surface area contributed by atoms with Crippen LogP contribution in [0, 0.1) is 5.92 Å². The number of nitrogens with zero attached hydrogens (tertiary/aromatic N) is 2. The summed E-state index contributed by atoms with van der Waals surface area (Å²) in [5, 5.41) is 13.5. The van der Waals surface area contributed by atoms with Crippen LogP contribution in [0.2, 0.25) is 0 Å². The lowest BCUT2D eigenvalue weighted by Gasteiger charge is -2.44. The molecule has 4 aliphatic rings. The van der Waals surface area contributed by atoms with Gasteiger partial charge in [-0.05, 0) is 18.9 Å². The maximum absolute atomic E-state index is 13.7. The number of sulfonamides is 1. The molecule has 4 unspecified atom stereocenters. The molecule has 2 aromatic rings. The SMILES string of the molecule is CCCOc1c(C2(C(C)CC)NC(=O)c3[nH]ncc3N2)cc2c3c1S(=O)(=O)N[N+]1(C)CCCC231. The number of amides is 1. The fourth-order valence-electron chi connectivity index (χ4n) is 6.46. The Hall–Kier alpha value is -2.63. The van der Waals surface area contributed by atoms with E-state index in [4.69, 9.17) is 4.74 Å². The summed E-state index contributed by atoms with van der Waals surface area (Å²) in [5.74, 6) is -0.0282. The van der Waals surface area contributed by atoms with Crippen LogP contribution in [0.3, 0.4) is 0 Å². The summed E-state index contributed by atoms with van der Waals surface area (Å²) in [6.07, 6.45) is 4.87. The molecule has 0 bridgehead atoms. The van der Waals surface area contributed by atoms with Crippen molar-refractivity contribution in [2.24, 2.45) is 5.92 Å². The number of ether oxygens (including phenoxy) is 1.